The van der Waals surface area contributed by atoms with E-state index in [1.54, 1.807) is 18.5 Å². The first kappa shape index (κ1) is 20.3. The maximum absolute atomic E-state index is 12.9. The van der Waals surface area contributed by atoms with Crippen LogP contribution in [0.3, 0.4) is 0 Å². The van der Waals surface area contributed by atoms with E-state index in [-0.39, 0.29) is 5.56 Å². The molecule has 0 bridgehead atoms. The molecule has 4 aromatic heterocycles. The predicted molar refractivity (Wildman–Crippen MR) is 128 cm³/mol. The van der Waals surface area contributed by atoms with Gasteiger partial charge in [0.05, 0.1) is 24.6 Å². The molecule has 9 heteroatoms. The molecular weight excluding hydrogens is 430 g/mol. The lowest BCUT2D eigenvalue weighted by atomic mass is 10.1. The molecule has 0 amide bonds. The topological polar surface area (TPSA) is 90.4 Å². The van der Waals surface area contributed by atoms with Crippen molar-refractivity contribution in [3.8, 4) is 28.3 Å². The number of ether oxygens (including phenoxy) is 1. The van der Waals surface area contributed by atoms with Gasteiger partial charge >= 0.3 is 0 Å². The zero-order chi connectivity index (χ0) is 22.9. The number of morpholine rings is 1. The van der Waals surface area contributed by atoms with Gasteiger partial charge in [0.1, 0.15) is 5.82 Å². The number of pyridine rings is 1. The average Bonchev–Trinajstić information content (AvgIpc) is 3.34. The van der Waals surface area contributed by atoms with Crippen molar-refractivity contribution in [3.05, 3.63) is 89.5 Å². The highest BCUT2D eigenvalue weighted by molar-refractivity contribution is 5.66. The number of rotatable bonds is 4. The van der Waals surface area contributed by atoms with Crippen LogP contribution in [0.5, 0.6) is 0 Å². The summed E-state index contributed by atoms with van der Waals surface area (Å²) >= 11 is 0. The minimum Gasteiger partial charge on any atom is -0.378 e. The number of aromatic nitrogens is 6. The van der Waals surface area contributed by atoms with Crippen LogP contribution in [0, 0.1) is 0 Å². The summed E-state index contributed by atoms with van der Waals surface area (Å²) in [5.74, 6) is 1.28. The molecule has 1 aliphatic heterocycles. The third-order valence-electron chi connectivity index (χ3n) is 5.79. The average molecular weight is 451 g/mol. The van der Waals surface area contributed by atoms with Crippen LogP contribution in [0.2, 0.25) is 0 Å². The van der Waals surface area contributed by atoms with E-state index in [9.17, 15) is 4.79 Å². The van der Waals surface area contributed by atoms with Crippen molar-refractivity contribution >= 4 is 11.5 Å². The lowest BCUT2D eigenvalue weighted by molar-refractivity contribution is 0.122. The maximum atomic E-state index is 12.9. The number of hydrogen-bond donors (Lipinski definition) is 0. The van der Waals surface area contributed by atoms with Crippen LogP contribution in [0.4, 0.5) is 5.82 Å². The van der Waals surface area contributed by atoms with Crippen LogP contribution in [0.15, 0.2) is 83.9 Å². The Morgan fingerprint density at radius 2 is 1.56 bits per heavy atom. The maximum Gasteiger partial charge on any atom is 0.272 e. The highest BCUT2D eigenvalue weighted by Gasteiger charge is 2.20. The molecule has 0 aliphatic carbocycles. The fraction of sp³-hybridized carbons (Fsp3) is 0.160. The first-order chi connectivity index (χ1) is 16.8. The van der Waals surface area contributed by atoms with Crippen LogP contribution in [-0.2, 0) is 4.74 Å². The van der Waals surface area contributed by atoms with Gasteiger partial charge in [0, 0.05) is 54.8 Å². The van der Waals surface area contributed by atoms with Gasteiger partial charge < -0.3 is 9.64 Å². The number of nitrogens with zero attached hydrogens (tertiary/aromatic N) is 7. The first-order valence-corrected chi connectivity index (χ1v) is 11.1. The monoisotopic (exact) mass is 451 g/mol. The van der Waals surface area contributed by atoms with Crippen molar-refractivity contribution in [1.29, 1.82) is 0 Å². The van der Waals surface area contributed by atoms with Gasteiger partial charge in [-0.25, -0.2) is 4.98 Å². The predicted octanol–water partition coefficient (Wildman–Crippen LogP) is 2.84. The summed E-state index contributed by atoms with van der Waals surface area (Å²) in [5, 5.41) is 9.45. The van der Waals surface area contributed by atoms with Gasteiger partial charge in [-0.3, -0.25) is 9.78 Å². The molecule has 168 valence electrons. The Kier molecular flexibility index (Phi) is 5.08. The Morgan fingerprint density at radius 3 is 2.35 bits per heavy atom. The van der Waals surface area contributed by atoms with E-state index in [1.807, 2.05) is 59.1 Å². The molecule has 0 N–H and O–H groups in total. The summed E-state index contributed by atoms with van der Waals surface area (Å²) in [6, 6.07) is 20.6. The molecule has 1 aromatic carbocycles. The highest BCUT2D eigenvalue weighted by atomic mass is 16.5. The second-order valence-electron chi connectivity index (χ2n) is 7.94. The SMILES string of the molecule is O=c1ccc(-c2ccccc2)nn1-c1cc(N2CCOCC2)n2nc(-c3ccncc3)cc2n1. The molecule has 1 fully saturated rings. The molecule has 5 aromatic rings. The standard InChI is InChI=1S/C25H21N7O2/c33-25-7-6-20(18-4-2-1-3-5-18)28-32(25)23-17-24(30-12-14-34-15-13-30)31-22(27-23)16-21(29-31)19-8-10-26-11-9-19/h1-11,16-17H,12-15H2. The van der Waals surface area contributed by atoms with E-state index in [0.29, 0.717) is 30.4 Å². The molecule has 0 spiro atoms. The Balaban J connectivity index is 1.54. The summed E-state index contributed by atoms with van der Waals surface area (Å²) in [6.45, 7) is 2.68. The summed E-state index contributed by atoms with van der Waals surface area (Å²) in [5.41, 5.74) is 3.72. The fourth-order valence-electron chi connectivity index (χ4n) is 4.07. The molecule has 0 saturated carbocycles. The second kappa shape index (κ2) is 8.53. The number of hydrogen-bond acceptors (Lipinski definition) is 7. The van der Waals surface area contributed by atoms with Crippen molar-refractivity contribution in [2.45, 2.75) is 0 Å². The quantitative estimate of drug-likeness (QED) is 0.415. The molecule has 1 saturated heterocycles. The summed E-state index contributed by atoms with van der Waals surface area (Å²) in [7, 11) is 0. The number of benzene rings is 1. The van der Waals surface area contributed by atoms with Crippen LogP contribution in [-0.4, -0.2) is 55.7 Å². The molecule has 0 radical (unpaired) electrons. The zero-order valence-corrected chi connectivity index (χ0v) is 18.3. The largest absolute Gasteiger partial charge is 0.378 e. The molecule has 1 aliphatic rings. The second-order valence-corrected chi connectivity index (χ2v) is 7.94. The van der Waals surface area contributed by atoms with Crippen molar-refractivity contribution in [2.75, 3.05) is 31.2 Å². The van der Waals surface area contributed by atoms with Gasteiger partial charge in [0.2, 0.25) is 0 Å². The molecule has 5 heterocycles. The number of anilines is 1. The van der Waals surface area contributed by atoms with E-state index in [2.05, 4.69) is 15.0 Å². The van der Waals surface area contributed by atoms with E-state index in [4.69, 9.17) is 14.8 Å². The third kappa shape index (κ3) is 3.71. The summed E-state index contributed by atoms with van der Waals surface area (Å²) < 4.78 is 8.71. The highest BCUT2D eigenvalue weighted by Crippen LogP contribution is 2.25. The fourth-order valence-corrected chi connectivity index (χ4v) is 4.07. The first-order valence-electron chi connectivity index (χ1n) is 11.1. The van der Waals surface area contributed by atoms with Gasteiger partial charge in [-0.15, -0.1) is 0 Å². The minimum atomic E-state index is -0.252. The number of fused-ring (bicyclic) bond motifs is 1. The van der Waals surface area contributed by atoms with E-state index in [0.717, 1.165) is 35.7 Å². The third-order valence-corrected chi connectivity index (χ3v) is 5.79. The summed E-state index contributed by atoms with van der Waals surface area (Å²) in [6.07, 6.45) is 3.47. The Bertz CT molecular complexity index is 1510. The van der Waals surface area contributed by atoms with Crippen LogP contribution in [0.25, 0.3) is 34.0 Å². The minimum absolute atomic E-state index is 0.252. The lowest BCUT2D eigenvalue weighted by Crippen LogP contribution is -2.37. The summed E-state index contributed by atoms with van der Waals surface area (Å²) in [4.78, 5) is 23.9. The molecular formula is C25H21N7O2. The Hall–Kier alpha value is -4.37. The van der Waals surface area contributed by atoms with E-state index >= 15 is 0 Å². The van der Waals surface area contributed by atoms with Crippen molar-refractivity contribution in [1.82, 2.24) is 29.4 Å². The van der Waals surface area contributed by atoms with Gasteiger partial charge in [-0.1, -0.05) is 30.3 Å². The Morgan fingerprint density at radius 1 is 0.794 bits per heavy atom. The van der Waals surface area contributed by atoms with Gasteiger partial charge in [0.25, 0.3) is 5.56 Å². The Labute approximate surface area is 194 Å². The van der Waals surface area contributed by atoms with Crippen LogP contribution < -0.4 is 10.5 Å². The van der Waals surface area contributed by atoms with Crippen molar-refractivity contribution < 1.29 is 4.74 Å². The van der Waals surface area contributed by atoms with Crippen LogP contribution >= 0.6 is 0 Å². The molecule has 34 heavy (non-hydrogen) atoms. The molecule has 0 atom stereocenters. The molecule has 0 unspecified atom stereocenters. The lowest BCUT2D eigenvalue weighted by Gasteiger charge is -2.29. The normalized spacial score (nSPS) is 13.9. The van der Waals surface area contributed by atoms with E-state index in [1.165, 1.54) is 10.7 Å². The smallest absolute Gasteiger partial charge is 0.272 e. The van der Waals surface area contributed by atoms with Crippen molar-refractivity contribution in [3.63, 3.8) is 0 Å². The van der Waals surface area contributed by atoms with E-state index < -0.39 is 0 Å². The van der Waals surface area contributed by atoms with Crippen LogP contribution in [0.1, 0.15) is 0 Å². The molecule has 9 nitrogen and oxygen atoms in total. The van der Waals surface area contributed by atoms with Gasteiger partial charge in [0.15, 0.2) is 11.5 Å². The molecule has 6 rings (SSSR count). The van der Waals surface area contributed by atoms with Gasteiger partial charge in [-0.05, 0) is 18.2 Å². The van der Waals surface area contributed by atoms with Gasteiger partial charge in [-0.2, -0.15) is 19.4 Å². The zero-order valence-electron chi connectivity index (χ0n) is 18.3. The van der Waals surface area contributed by atoms with Crippen molar-refractivity contribution in [2.24, 2.45) is 0 Å².